The monoisotopic (exact) mass is 197 g/mol. The molecule has 0 spiro atoms. The van der Waals surface area contributed by atoms with Crippen molar-refractivity contribution in [1.29, 1.82) is 0 Å². The molecule has 0 aliphatic carbocycles. The predicted octanol–water partition coefficient (Wildman–Crippen LogP) is 2.82. The molecular weight excluding hydrogens is 178 g/mol. The van der Waals surface area contributed by atoms with Gasteiger partial charge in [0.25, 0.3) is 0 Å². The molecule has 14 heavy (non-hydrogen) atoms. The summed E-state index contributed by atoms with van der Waals surface area (Å²) in [6, 6.07) is 7.03. The molecule has 0 aromatic heterocycles. The summed E-state index contributed by atoms with van der Waals surface area (Å²) in [6.07, 6.45) is 1.25. The number of methoxy groups -OCH3 is 1. The molecule has 0 saturated heterocycles. The Morgan fingerprint density at radius 3 is 2.36 bits per heavy atom. The second kappa shape index (κ2) is 8.38. The second-order valence-corrected chi connectivity index (χ2v) is 2.83. The van der Waals surface area contributed by atoms with Gasteiger partial charge in [0, 0.05) is 7.11 Å². The van der Waals surface area contributed by atoms with Crippen molar-refractivity contribution in [2.75, 3.05) is 19.2 Å². The van der Waals surface area contributed by atoms with Crippen LogP contribution in [0.5, 0.6) is 5.75 Å². The SMILES string of the molecule is CCC.COCNc1ccccc1O. The number of ether oxygens (including phenoxy) is 1. The Bertz CT molecular complexity index is 238. The van der Waals surface area contributed by atoms with E-state index in [-0.39, 0.29) is 5.75 Å². The molecule has 80 valence electrons. The predicted molar refractivity (Wildman–Crippen MR) is 59.6 cm³/mol. The Balaban J connectivity index is 0.000000500. The average Bonchev–Trinajstić information content (AvgIpc) is 2.18. The number of rotatable bonds is 3. The van der Waals surface area contributed by atoms with Crippen LogP contribution in [-0.4, -0.2) is 18.9 Å². The van der Waals surface area contributed by atoms with Crippen molar-refractivity contribution in [3.05, 3.63) is 24.3 Å². The minimum Gasteiger partial charge on any atom is -0.506 e. The van der Waals surface area contributed by atoms with E-state index < -0.39 is 0 Å². The summed E-state index contributed by atoms with van der Waals surface area (Å²) in [7, 11) is 1.59. The molecule has 0 heterocycles. The van der Waals surface area contributed by atoms with Gasteiger partial charge in [-0.2, -0.15) is 0 Å². The largest absolute Gasteiger partial charge is 0.506 e. The third-order valence-corrected chi connectivity index (χ3v) is 1.31. The van der Waals surface area contributed by atoms with Gasteiger partial charge in [-0.3, -0.25) is 0 Å². The van der Waals surface area contributed by atoms with E-state index in [1.54, 1.807) is 25.3 Å². The van der Waals surface area contributed by atoms with Crippen LogP contribution >= 0.6 is 0 Å². The van der Waals surface area contributed by atoms with Crippen LogP contribution in [0.4, 0.5) is 5.69 Å². The molecule has 1 rings (SSSR count). The fraction of sp³-hybridized carbons (Fsp3) is 0.455. The number of benzene rings is 1. The van der Waals surface area contributed by atoms with Crippen LogP contribution in [0.1, 0.15) is 20.3 Å². The first-order valence-corrected chi connectivity index (χ1v) is 4.77. The summed E-state index contributed by atoms with van der Waals surface area (Å²) in [5.74, 6) is 0.240. The van der Waals surface area contributed by atoms with E-state index in [2.05, 4.69) is 19.2 Å². The zero-order chi connectivity index (χ0) is 10.8. The molecule has 1 aromatic rings. The summed E-state index contributed by atoms with van der Waals surface area (Å²) >= 11 is 0. The van der Waals surface area contributed by atoms with Crippen LogP contribution in [0.15, 0.2) is 24.3 Å². The minimum atomic E-state index is 0.240. The lowest BCUT2D eigenvalue weighted by Crippen LogP contribution is -2.02. The lowest BCUT2D eigenvalue weighted by atomic mass is 10.3. The van der Waals surface area contributed by atoms with Gasteiger partial charge in [-0.15, -0.1) is 0 Å². The zero-order valence-corrected chi connectivity index (χ0v) is 9.08. The fourth-order valence-corrected chi connectivity index (χ4v) is 0.773. The summed E-state index contributed by atoms with van der Waals surface area (Å²) < 4.78 is 4.78. The van der Waals surface area contributed by atoms with E-state index in [0.29, 0.717) is 12.4 Å². The maximum absolute atomic E-state index is 9.22. The molecule has 0 aliphatic rings. The molecule has 1 aromatic carbocycles. The van der Waals surface area contributed by atoms with Crippen molar-refractivity contribution in [1.82, 2.24) is 0 Å². The molecule has 0 fully saturated rings. The third kappa shape index (κ3) is 5.43. The first-order valence-electron chi connectivity index (χ1n) is 4.77. The van der Waals surface area contributed by atoms with Gasteiger partial charge in [0.1, 0.15) is 12.5 Å². The van der Waals surface area contributed by atoms with Gasteiger partial charge in [-0.1, -0.05) is 32.4 Å². The Hall–Kier alpha value is -1.22. The fourth-order valence-electron chi connectivity index (χ4n) is 0.773. The molecule has 3 nitrogen and oxygen atoms in total. The van der Waals surface area contributed by atoms with Crippen molar-refractivity contribution in [3.63, 3.8) is 0 Å². The Morgan fingerprint density at radius 2 is 1.86 bits per heavy atom. The summed E-state index contributed by atoms with van der Waals surface area (Å²) in [5.41, 5.74) is 0.689. The Morgan fingerprint density at radius 1 is 1.29 bits per heavy atom. The van der Waals surface area contributed by atoms with Gasteiger partial charge >= 0.3 is 0 Å². The van der Waals surface area contributed by atoms with Crippen LogP contribution in [-0.2, 0) is 4.74 Å². The highest BCUT2D eigenvalue weighted by molar-refractivity contribution is 5.54. The van der Waals surface area contributed by atoms with Gasteiger partial charge in [0.2, 0.25) is 0 Å². The standard InChI is InChI=1S/C8H11NO2.C3H8/c1-11-6-9-7-4-2-3-5-8(7)10;1-3-2/h2-5,9-10H,6H2,1H3;3H2,1-2H3. The molecule has 0 atom stereocenters. The van der Waals surface area contributed by atoms with Gasteiger partial charge in [-0.05, 0) is 12.1 Å². The van der Waals surface area contributed by atoms with Crippen molar-refractivity contribution in [3.8, 4) is 5.75 Å². The van der Waals surface area contributed by atoms with Crippen LogP contribution < -0.4 is 5.32 Å². The molecule has 3 heteroatoms. The molecule has 0 unspecified atom stereocenters. The summed E-state index contributed by atoms with van der Waals surface area (Å²) in [6.45, 7) is 4.65. The van der Waals surface area contributed by atoms with Gasteiger partial charge in [0.15, 0.2) is 0 Å². The van der Waals surface area contributed by atoms with E-state index in [1.807, 2.05) is 6.07 Å². The average molecular weight is 197 g/mol. The Kier molecular flexibility index (Phi) is 7.65. The van der Waals surface area contributed by atoms with Crippen LogP contribution in [0.3, 0.4) is 0 Å². The smallest absolute Gasteiger partial charge is 0.138 e. The highest BCUT2D eigenvalue weighted by Gasteiger charge is 1.95. The highest BCUT2D eigenvalue weighted by atomic mass is 16.5. The number of nitrogens with one attached hydrogen (secondary N) is 1. The lowest BCUT2D eigenvalue weighted by molar-refractivity contribution is 0.221. The highest BCUT2D eigenvalue weighted by Crippen LogP contribution is 2.20. The Labute approximate surface area is 85.7 Å². The molecule has 0 aliphatic heterocycles. The number of para-hydroxylation sites is 2. The maximum Gasteiger partial charge on any atom is 0.138 e. The van der Waals surface area contributed by atoms with E-state index in [0.717, 1.165) is 0 Å². The van der Waals surface area contributed by atoms with Crippen molar-refractivity contribution in [2.45, 2.75) is 20.3 Å². The minimum absolute atomic E-state index is 0.240. The number of anilines is 1. The quantitative estimate of drug-likeness (QED) is 0.578. The third-order valence-electron chi connectivity index (χ3n) is 1.31. The molecule has 0 bridgehead atoms. The number of phenolic OH excluding ortho intramolecular Hbond substituents is 1. The number of phenols is 1. The van der Waals surface area contributed by atoms with E-state index in [4.69, 9.17) is 4.74 Å². The first-order chi connectivity index (χ1) is 6.76. The molecule has 0 amide bonds. The van der Waals surface area contributed by atoms with E-state index in [9.17, 15) is 5.11 Å². The number of aromatic hydroxyl groups is 1. The number of hydrogen-bond acceptors (Lipinski definition) is 3. The normalized spacial score (nSPS) is 8.79. The zero-order valence-electron chi connectivity index (χ0n) is 9.08. The first kappa shape index (κ1) is 12.8. The van der Waals surface area contributed by atoms with Crippen molar-refractivity contribution >= 4 is 5.69 Å². The van der Waals surface area contributed by atoms with E-state index >= 15 is 0 Å². The lowest BCUT2D eigenvalue weighted by Gasteiger charge is -2.05. The molecule has 0 saturated carbocycles. The molecule has 2 N–H and O–H groups in total. The van der Waals surface area contributed by atoms with E-state index in [1.165, 1.54) is 6.42 Å². The van der Waals surface area contributed by atoms with Gasteiger partial charge in [0.05, 0.1) is 5.69 Å². The van der Waals surface area contributed by atoms with Crippen LogP contribution in [0.25, 0.3) is 0 Å². The summed E-state index contributed by atoms with van der Waals surface area (Å²) in [4.78, 5) is 0. The maximum atomic E-state index is 9.22. The number of hydrogen-bond donors (Lipinski definition) is 2. The summed E-state index contributed by atoms with van der Waals surface area (Å²) in [5, 5.41) is 12.1. The van der Waals surface area contributed by atoms with Crippen LogP contribution in [0, 0.1) is 0 Å². The second-order valence-electron chi connectivity index (χ2n) is 2.83. The molecular formula is C11H19NO2. The van der Waals surface area contributed by atoms with Gasteiger partial charge in [-0.25, -0.2) is 0 Å². The van der Waals surface area contributed by atoms with Crippen LogP contribution in [0.2, 0.25) is 0 Å². The van der Waals surface area contributed by atoms with Gasteiger partial charge < -0.3 is 15.2 Å². The topological polar surface area (TPSA) is 41.5 Å². The van der Waals surface area contributed by atoms with Crippen molar-refractivity contribution < 1.29 is 9.84 Å². The molecule has 0 radical (unpaired) electrons. The van der Waals surface area contributed by atoms with Crippen molar-refractivity contribution in [2.24, 2.45) is 0 Å².